The van der Waals surface area contributed by atoms with Crippen LogP contribution < -0.4 is 9.21 Å². The number of aryl methyl sites for hydroxylation is 2. The number of fused-ring (bicyclic) bond motifs is 1. The van der Waals surface area contributed by atoms with Gasteiger partial charge in [-0.15, -0.1) is 0 Å². The van der Waals surface area contributed by atoms with Crippen LogP contribution in [0.25, 0.3) is 0 Å². The van der Waals surface area contributed by atoms with E-state index in [2.05, 4.69) is 0 Å². The van der Waals surface area contributed by atoms with Gasteiger partial charge >= 0.3 is 0 Å². The maximum atomic E-state index is 13.2. The van der Waals surface area contributed by atoms with E-state index in [0.29, 0.717) is 12.2 Å². The van der Waals surface area contributed by atoms with Crippen molar-refractivity contribution in [3.8, 4) is 0 Å². The van der Waals surface area contributed by atoms with Crippen molar-refractivity contribution in [1.82, 2.24) is 0 Å². The van der Waals surface area contributed by atoms with Gasteiger partial charge in [0.2, 0.25) is 10.0 Å². The summed E-state index contributed by atoms with van der Waals surface area (Å²) in [4.78, 5) is 14.9. The summed E-state index contributed by atoms with van der Waals surface area (Å²) in [6.45, 7) is 4.16. The fraction of sp³-hybridized carbons (Fsp3) is 0.350. The minimum absolute atomic E-state index is 0.205. The van der Waals surface area contributed by atoms with Crippen molar-refractivity contribution in [3.63, 3.8) is 0 Å². The molecule has 0 radical (unpaired) electrons. The van der Waals surface area contributed by atoms with E-state index in [0.717, 1.165) is 35.9 Å². The SMILES string of the molecule is Cc1cccc(N([C@@H](C)C(=O)N2CCCc3ccccc32)S(C)(=O)=O)c1. The third-order valence-corrected chi connectivity index (χ3v) is 5.94. The Hall–Kier alpha value is -2.34. The van der Waals surface area contributed by atoms with Gasteiger partial charge in [-0.2, -0.15) is 0 Å². The van der Waals surface area contributed by atoms with E-state index in [1.807, 2.05) is 37.3 Å². The fourth-order valence-corrected chi connectivity index (χ4v) is 4.72. The minimum Gasteiger partial charge on any atom is -0.310 e. The van der Waals surface area contributed by atoms with E-state index in [-0.39, 0.29) is 5.91 Å². The molecule has 3 rings (SSSR count). The molecule has 0 N–H and O–H groups in total. The quantitative estimate of drug-likeness (QED) is 0.828. The first-order valence-electron chi connectivity index (χ1n) is 8.74. The van der Waals surface area contributed by atoms with Gasteiger partial charge in [-0.1, -0.05) is 30.3 Å². The minimum atomic E-state index is -3.61. The molecule has 26 heavy (non-hydrogen) atoms. The topological polar surface area (TPSA) is 57.7 Å². The number of benzene rings is 2. The summed E-state index contributed by atoms with van der Waals surface area (Å²) in [7, 11) is -3.61. The highest BCUT2D eigenvalue weighted by Gasteiger charge is 2.34. The summed E-state index contributed by atoms with van der Waals surface area (Å²) in [5.41, 5.74) is 3.46. The van der Waals surface area contributed by atoms with Gasteiger partial charge < -0.3 is 4.90 Å². The maximum Gasteiger partial charge on any atom is 0.250 e. The van der Waals surface area contributed by atoms with Gasteiger partial charge in [-0.05, 0) is 56.0 Å². The van der Waals surface area contributed by atoms with Crippen LogP contribution in [0.3, 0.4) is 0 Å². The highest BCUT2D eigenvalue weighted by molar-refractivity contribution is 7.92. The predicted octanol–water partition coefficient (Wildman–Crippen LogP) is 3.13. The zero-order valence-corrected chi connectivity index (χ0v) is 16.2. The first kappa shape index (κ1) is 18.5. The number of para-hydroxylation sites is 1. The molecule has 1 aliphatic heterocycles. The lowest BCUT2D eigenvalue weighted by Gasteiger charge is -2.35. The Kier molecular flexibility index (Phi) is 5.05. The molecule has 6 heteroatoms. The normalized spacial score (nSPS) is 15.3. The van der Waals surface area contributed by atoms with Gasteiger partial charge in [0, 0.05) is 12.2 Å². The number of carbonyl (C=O) groups excluding carboxylic acids is 1. The lowest BCUT2D eigenvalue weighted by molar-refractivity contribution is -0.119. The van der Waals surface area contributed by atoms with Crippen LogP contribution in [0.15, 0.2) is 48.5 Å². The molecule has 1 heterocycles. The van der Waals surface area contributed by atoms with Crippen molar-refractivity contribution in [1.29, 1.82) is 0 Å². The van der Waals surface area contributed by atoms with E-state index in [4.69, 9.17) is 0 Å². The summed E-state index contributed by atoms with van der Waals surface area (Å²) in [6, 6.07) is 14.2. The molecule has 0 spiro atoms. The number of amides is 1. The average Bonchev–Trinajstić information content (AvgIpc) is 2.59. The van der Waals surface area contributed by atoms with Gasteiger partial charge in [0.15, 0.2) is 0 Å². The molecule has 0 unspecified atom stereocenters. The van der Waals surface area contributed by atoms with E-state index in [1.54, 1.807) is 30.0 Å². The first-order chi connectivity index (χ1) is 12.3. The van der Waals surface area contributed by atoms with Crippen molar-refractivity contribution in [2.75, 3.05) is 22.0 Å². The van der Waals surface area contributed by atoms with Gasteiger partial charge in [-0.25, -0.2) is 8.42 Å². The lowest BCUT2D eigenvalue weighted by Crippen LogP contribution is -2.50. The van der Waals surface area contributed by atoms with Crippen molar-refractivity contribution >= 4 is 27.3 Å². The molecule has 0 saturated heterocycles. The second kappa shape index (κ2) is 7.11. The molecular weight excluding hydrogens is 348 g/mol. The van der Waals surface area contributed by atoms with E-state index < -0.39 is 16.1 Å². The second-order valence-electron chi connectivity index (χ2n) is 6.80. The standard InChI is InChI=1S/C20H24N2O3S/c1-15-8-6-11-18(14-15)22(26(3,24)25)16(2)20(23)21-13-7-10-17-9-4-5-12-19(17)21/h4-6,8-9,11-12,14,16H,7,10,13H2,1-3H3/t16-/m0/s1. The Labute approximate surface area is 155 Å². The van der Waals surface area contributed by atoms with Crippen molar-refractivity contribution in [2.45, 2.75) is 32.7 Å². The zero-order valence-electron chi connectivity index (χ0n) is 15.3. The molecule has 138 valence electrons. The molecular formula is C20H24N2O3S. The Morgan fingerprint density at radius 2 is 1.88 bits per heavy atom. The van der Waals surface area contributed by atoms with Gasteiger partial charge in [-0.3, -0.25) is 9.10 Å². The monoisotopic (exact) mass is 372 g/mol. The lowest BCUT2D eigenvalue weighted by atomic mass is 10.0. The third kappa shape index (κ3) is 3.60. The van der Waals surface area contributed by atoms with Crippen LogP contribution >= 0.6 is 0 Å². The fourth-order valence-electron chi connectivity index (χ4n) is 3.56. The van der Waals surface area contributed by atoms with E-state index in [9.17, 15) is 13.2 Å². The molecule has 1 atom stereocenters. The van der Waals surface area contributed by atoms with E-state index in [1.165, 1.54) is 4.31 Å². The van der Waals surface area contributed by atoms with Gasteiger partial charge in [0.25, 0.3) is 5.91 Å². The summed E-state index contributed by atoms with van der Waals surface area (Å²) >= 11 is 0. The number of hydrogen-bond donors (Lipinski definition) is 0. The first-order valence-corrected chi connectivity index (χ1v) is 10.6. The number of nitrogens with zero attached hydrogens (tertiary/aromatic N) is 2. The molecule has 0 aromatic heterocycles. The maximum absolute atomic E-state index is 13.2. The number of rotatable bonds is 4. The molecule has 5 nitrogen and oxygen atoms in total. The Balaban J connectivity index is 1.98. The molecule has 1 amide bonds. The van der Waals surface area contributed by atoms with Crippen LogP contribution in [0.5, 0.6) is 0 Å². The number of sulfonamides is 1. The Morgan fingerprint density at radius 3 is 2.58 bits per heavy atom. The predicted molar refractivity (Wildman–Crippen MR) is 105 cm³/mol. The van der Waals surface area contributed by atoms with Crippen LogP contribution in [0.4, 0.5) is 11.4 Å². The molecule has 0 bridgehead atoms. The van der Waals surface area contributed by atoms with Crippen molar-refractivity contribution in [2.24, 2.45) is 0 Å². The smallest absolute Gasteiger partial charge is 0.250 e. The molecule has 0 aliphatic carbocycles. The highest BCUT2D eigenvalue weighted by Crippen LogP contribution is 2.29. The van der Waals surface area contributed by atoms with Crippen LogP contribution in [-0.2, 0) is 21.2 Å². The number of hydrogen-bond acceptors (Lipinski definition) is 3. The van der Waals surface area contributed by atoms with Crippen LogP contribution in [0, 0.1) is 6.92 Å². The Bertz CT molecular complexity index is 924. The van der Waals surface area contributed by atoms with Crippen LogP contribution in [0.1, 0.15) is 24.5 Å². The molecule has 0 fully saturated rings. The summed E-state index contributed by atoms with van der Waals surface area (Å²) in [6.07, 6.45) is 2.95. The summed E-state index contributed by atoms with van der Waals surface area (Å²) in [5.74, 6) is -0.205. The van der Waals surface area contributed by atoms with Crippen molar-refractivity contribution in [3.05, 3.63) is 59.7 Å². The summed E-state index contributed by atoms with van der Waals surface area (Å²) in [5, 5.41) is 0. The van der Waals surface area contributed by atoms with Crippen molar-refractivity contribution < 1.29 is 13.2 Å². The van der Waals surface area contributed by atoms with Crippen LogP contribution in [0.2, 0.25) is 0 Å². The second-order valence-corrected chi connectivity index (χ2v) is 8.66. The third-order valence-electron chi connectivity index (χ3n) is 4.70. The van der Waals surface area contributed by atoms with E-state index >= 15 is 0 Å². The largest absolute Gasteiger partial charge is 0.310 e. The molecule has 2 aromatic rings. The van der Waals surface area contributed by atoms with Crippen LogP contribution in [-0.4, -0.2) is 33.2 Å². The Morgan fingerprint density at radius 1 is 1.15 bits per heavy atom. The van der Waals surface area contributed by atoms with Gasteiger partial charge in [0.1, 0.15) is 6.04 Å². The zero-order chi connectivity index (χ0) is 18.9. The molecule has 1 aliphatic rings. The number of anilines is 2. The molecule has 2 aromatic carbocycles. The highest BCUT2D eigenvalue weighted by atomic mass is 32.2. The average molecular weight is 372 g/mol. The molecule has 0 saturated carbocycles. The summed E-state index contributed by atoms with van der Waals surface area (Å²) < 4.78 is 26.2. The number of carbonyl (C=O) groups is 1. The van der Waals surface area contributed by atoms with Gasteiger partial charge in [0.05, 0.1) is 11.9 Å².